The Morgan fingerprint density at radius 1 is 1.17 bits per heavy atom. The minimum absolute atomic E-state index is 0.0564. The normalized spacial score (nSPS) is 19.6. The van der Waals surface area contributed by atoms with Crippen molar-refractivity contribution in [2.24, 2.45) is 0 Å². The van der Waals surface area contributed by atoms with Gasteiger partial charge in [0.15, 0.2) is 0 Å². The van der Waals surface area contributed by atoms with Gasteiger partial charge in [-0.05, 0) is 49.9 Å². The minimum Gasteiger partial charge on any atom is -0.356 e. The zero-order valence-corrected chi connectivity index (χ0v) is 24.7. The SMILES string of the molecule is Cc1cc2c(=O)[nH]c(CN(CCCNC(=O)CCCC[C@@H]3SC[C@@H]4NC(=O)N[C@@H]43)Cc3ccc(C#N)cc3)nc2s1. The lowest BCUT2D eigenvalue weighted by molar-refractivity contribution is -0.121. The van der Waals surface area contributed by atoms with Crippen LogP contribution >= 0.6 is 23.1 Å². The van der Waals surface area contributed by atoms with Gasteiger partial charge in [0.25, 0.3) is 5.56 Å². The number of rotatable bonds is 13. The van der Waals surface area contributed by atoms with Crippen LogP contribution in [-0.4, -0.2) is 63.0 Å². The van der Waals surface area contributed by atoms with Gasteiger partial charge in [-0.3, -0.25) is 14.5 Å². The number of H-pyrrole nitrogens is 1. The Bertz CT molecular complexity index is 1480. The Labute approximate surface area is 247 Å². The average Bonchev–Trinajstić information content (AvgIpc) is 3.63. The van der Waals surface area contributed by atoms with Crippen LogP contribution in [0.3, 0.4) is 0 Å². The van der Waals surface area contributed by atoms with E-state index in [9.17, 15) is 14.4 Å². The second-order valence-corrected chi connectivity index (χ2v) is 13.2. The van der Waals surface area contributed by atoms with Crippen LogP contribution < -0.4 is 21.5 Å². The highest BCUT2D eigenvalue weighted by Gasteiger charge is 2.42. The Morgan fingerprint density at radius 2 is 2.00 bits per heavy atom. The molecular formula is C29H35N7O3S2. The van der Waals surface area contributed by atoms with Gasteiger partial charge in [-0.15, -0.1) is 11.3 Å². The number of carbonyl (C=O) groups is 2. The molecule has 41 heavy (non-hydrogen) atoms. The molecule has 10 nitrogen and oxygen atoms in total. The van der Waals surface area contributed by atoms with Gasteiger partial charge in [-0.25, -0.2) is 9.78 Å². The van der Waals surface area contributed by atoms with Gasteiger partial charge in [0.1, 0.15) is 10.7 Å². The molecule has 0 radical (unpaired) electrons. The van der Waals surface area contributed by atoms with Crippen LogP contribution in [0.25, 0.3) is 10.2 Å². The number of thioether (sulfide) groups is 1. The van der Waals surface area contributed by atoms with E-state index in [2.05, 4.69) is 31.9 Å². The van der Waals surface area contributed by atoms with Gasteiger partial charge in [0.05, 0.1) is 35.6 Å². The molecule has 2 aliphatic heterocycles. The molecule has 1 aromatic carbocycles. The molecule has 0 unspecified atom stereocenters. The van der Waals surface area contributed by atoms with Gasteiger partial charge in [0.2, 0.25) is 5.91 Å². The van der Waals surface area contributed by atoms with Crippen molar-refractivity contribution in [2.45, 2.75) is 69.5 Å². The van der Waals surface area contributed by atoms with Crippen LogP contribution in [0.4, 0.5) is 4.79 Å². The molecule has 0 saturated carbocycles. The molecule has 4 N–H and O–H groups in total. The molecular weight excluding hydrogens is 558 g/mol. The molecule has 2 saturated heterocycles. The van der Waals surface area contributed by atoms with Crippen LogP contribution in [0.15, 0.2) is 35.1 Å². The van der Waals surface area contributed by atoms with E-state index in [0.717, 1.165) is 46.7 Å². The van der Waals surface area contributed by atoms with Gasteiger partial charge in [-0.1, -0.05) is 18.6 Å². The number of benzene rings is 1. The first-order valence-corrected chi connectivity index (χ1v) is 15.9. The molecule has 4 heterocycles. The number of nitrogens with zero attached hydrogens (tertiary/aromatic N) is 3. The third-order valence-electron chi connectivity index (χ3n) is 7.49. The standard InChI is InChI=1S/C29H35N7O3S2/c1-18-13-21-27(38)33-24(34-28(21)41-18)16-36(15-20-9-7-19(14-30)8-10-20)12-4-11-31-25(37)6-3-2-5-23-26-22(17-40-23)32-29(39)35-26/h7-10,13,22-23,26H,2-6,11-12,15-17H2,1H3,(H,31,37)(H2,32,35,39)(H,33,34,38)/t22-,23-,26-/m0/s1. The molecule has 3 amide bonds. The summed E-state index contributed by atoms with van der Waals surface area (Å²) in [6.45, 7) is 4.33. The number of thiophene rings is 1. The lowest BCUT2D eigenvalue weighted by Crippen LogP contribution is -2.36. The first-order valence-electron chi connectivity index (χ1n) is 14.0. The highest BCUT2D eigenvalue weighted by atomic mass is 32.2. The zero-order valence-electron chi connectivity index (χ0n) is 23.1. The van der Waals surface area contributed by atoms with Gasteiger partial charge in [0, 0.05) is 41.9 Å². The fourth-order valence-corrected chi connectivity index (χ4v) is 7.88. The van der Waals surface area contributed by atoms with Crippen molar-refractivity contribution in [3.63, 3.8) is 0 Å². The maximum absolute atomic E-state index is 12.6. The van der Waals surface area contributed by atoms with Gasteiger partial charge < -0.3 is 20.9 Å². The Morgan fingerprint density at radius 3 is 2.80 bits per heavy atom. The number of aryl methyl sites for hydroxylation is 1. The number of unbranched alkanes of at least 4 members (excludes halogenated alkanes) is 1. The summed E-state index contributed by atoms with van der Waals surface area (Å²) in [6.07, 6.45) is 4.04. The number of aromatic nitrogens is 2. The number of amides is 3. The van der Waals surface area contributed by atoms with E-state index in [0.29, 0.717) is 54.6 Å². The number of hydrogen-bond acceptors (Lipinski definition) is 8. The second kappa shape index (κ2) is 13.5. The number of hydrogen-bond donors (Lipinski definition) is 4. The number of aromatic amines is 1. The highest BCUT2D eigenvalue weighted by molar-refractivity contribution is 8.00. The van der Waals surface area contributed by atoms with E-state index >= 15 is 0 Å². The summed E-state index contributed by atoms with van der Waals surface area (Å²) in [7, 11) is 0. The zero-order chi connectivity index (χ0) is 28.8. The molecule has 216 valence electrons. The number of nitriles is 1. The maximum Gasteiger partial charge on any atom is 0.315 e. The Hall–Kier alpha value is -3.40. The molecule has 2 aliphatic rings. The number of urea groups is 1. The summed E-state index contributed by atoms with van der Waals surface area (Å²) in [5, 5.41) is 19.2. The first-order chi connectivity index (χ1) is 19.9. The van der Waals surface area contributed by atoms with E-state index in [1.54, 1.807) is 12.1 Å². The van der Waals surface area contributed by atoms with Gasteiger partial charge in [-0.2, -0.15) is 17.0 Å². The number of carbonyl (C=O) groups excluding carboxylic acids is 2. The van der Waals surface area contributed by atoms with Crippen molar-refractivity contribution in [1.82, 2.24) is 30.8 Å². The monoisotopic (exact) mass is 593 g/mol. The predicted molar refractivity (Wildman–Crippen MR) is 162 cm³/mol. The molecule has 0 bridgehead atoms. The molecule has 0 spiro atoms. The summed E-state index contributed by atoms with van der Waals surface area (Å²) in [6, 6.07) is 11.9. The first kappa shape index (κ1) is 29.1. The van der Waals surface area contributed by atoms with Gasteiger partial charge >= 0.3 is 6.03 Å². The molecule has 12 heteroatoms. The van der Waals surface area contributed by atoms with E-state index in [-0.39, 0.29) is 29.6 Å². The van der Waals surface area contributed by atoms with Crippen molar-refractivity contribution < 1.29 is 9.59 Å². The van der Waals surface area contributed by atoms with Crippen LogP contribution in [0, 0.1) is 18.3 Å². The van der Waals surface area contributed by atoms with Crippen LogP contribution in [-0.2, 0) is 17.9 Å². The van der Waals surface area contributed by atoms with Crippen LogP contribution in [0.1, 0.15) is 53.9 Å². The number of nitrogens with one attached hydrogen (secondary N) is 4. The molecule has 2 fully saturated rings. The average molecular weight is 594 g/mol. The van der Waals surface area contributed by atoms with E-state index in [1.807, 2.05) is 36.9 Å². The molecule has 3 atom stereocenters. The topological polar surface area (TPSA) is 143 Å². The lowest BCUT2D eigenvalue weighted by atomic mass is 10.0. The van der Waals surface area contributed by atoms with E-state index < -0.39 is 0 Å². The van der Waals surface area contributed by atoms with Crippen molar-refractivity contribution in [2.75, 3.05) is 18.8 Å². The molecule has 0 aliphatic carbocycles. The van der Waals surface area contributed by atoms with Crippen molar-refractivity contribution in [3.05, 3.63) is 62.5 Å². The summed E-state index contributed by atoms with van der Waals surface area (Å²) in [5.74, 6) is 1.62. The smallest absolute Gasteiger partial charge is 0.315 e. The third kappa shape index (κ3) is 7.67. The summed E-state index contributed by atoms with van der Waals surface area (Å²) >= 11 is 3.41. The predicted octanol–water partition coefficient (Wildman–Crippen LogP) is 3.40. The van der Waals surface area contributed by atoms with Crippen molar-refractivity contribution >= 4 is 45.3 Å². The Balaban J connectivity index is 1.08. The van der Waals surface area contributed by atoms with Crippen molar-refractivity contribution in [3.8, 4) is 6.07 Å². The van der Waals surface area contributed by atoms with E-state index in [4.69, 9.17) is 10.2 Å². The summed E-state index contributed by atoms with van der Waals surface area (Å²) < 4.78 is 0. The van der Waals surface area contributed by atoms with E-state index in [1.165, 1.54) is 11.3 Å². The van der Waals surface area contributed by atoms with Crippen LogP contribution in [0.5, 0.6) is 0 Å². The Kier molecular flexibility index (Phi) is 9.59. The maximum atomic E-state index is 12.6. The van der Waals surface area contributed by atoms with Crippen molar-refractivity contribution in [1.29, 1.82) is 5.26 Å². The quantitative estimate of drug-likeness (QED) is 0.176. The third-order valence-corrected chi connectivity index (χ3v) is 9.94. The highest BCUT2D eigenvalue weighted by Crippen LogP contribution is 2.33. The largest absolute Gasteiger partial charge is 0.356 e. The molecule has 2 aromatic heterocycles. The van der Waals surface area contributed by atoms with Crippen LogP contribution in [0.2, 0.25) is 0 Å². The molecule has 3 aromatic rings. The minimum atomic E-state index is -0.129. The fraction of sp³-hybridized carbons (Fsp3) is 0.483. The molecule has 5 rings (SSSR count). The lowest BCUT2D eigenvalue weighted by Gasteiger charge is -2.22. The summed E-state index contributed by atoms with van der Waals surface area (Å²) in [5.41, 5.74) is 1.54. The second-order valence-electron chi connectivity index (χ2n) is 10.7. The fourth-order valence-electron chi connectivity index (χ4n) is 5.43. The summed E-state index contributed by atoms with van der Waals surface area (Å²) in [4.78, 5) is 48.2. The number of fused-ring (bicyclic) bond motifs is 2.